The molecule has 2 amide bonds. The molecule has 1 aliphatic rings. The maximum atomic E-state index is 12.2. The average molecular weight is 413 g/mol. The van der Waals surface area contributed by atoms with E-state index < -0.39 is 0 Å². The smallest absolute Gasteiger partial charge is 0.285 e. The van der Waals surface area contributed by atoms with Gasteiger partial charge in [-0.25, -0.2) is 0 Å². The van der Waals surface area contributed by atoms with Crippen molar-refractivity contribution in [3.63, 3.8) is 0 Å². The van der Waals surface area contributed by atoms with Crippen molar-refractivity contribution in [3.05, 3.63) is 59.0 Å². The number of hydrogen-bond donors (Lipinski definition) is 1. The van der Waals surface area contributed by atoms with Crippen molar-refractivity contribution in [2.45, 2.75) is 0 Å². The zero-order valence-electron chi connectivity index (χ0n) is 13.8. The minimum Gasteiger partial charge on any atom is -0.323 e. The summed E-state index contributed by atoms with van der Waals surface area (Å²) >= 11 is 3.64. The fourth-order valence-electron chi connectivity index (χ4n) is 2.37. The topological polar surface area (TPSA) is 84.3 Å². The molecule has 9 heteroatoms. The van der Waals surface area contributed by atoms with Gasteiger partial charge in [0.2, 0.25) is 5.91 Å². The summed E-state index contributed by atoms with van der Waals surface area (Å²) in [5, 5.41) is 2.84. The number of fused-ring (bicyclic) bond motifs is 1. The van der Waals surface area contributed by atoms with E-state index in [4.69, 9.17) is 0 Å². The number of aliphatic imine (C=N–C) groups is 1. The van der Waals surface area contributed by atoms with Crippen LogP contribution in [-0.2, 0) is 9.59 Å². The summed E-state index contributed by atoms with van der Waals surface area (Å²) in [6.07, 6.45) is 1.81. The van der Waals surface area contributed by atoms with Crippen LogP contribution in [0, 0.1) is 0 Å². The van der Waals surface area contributed by atoms with Crippen LogP contribution in [0.1, 0.15) is 5.56 Å². The van der Waals surface area contributed by atoms with Gasteiger partial charge in [-0.2, -0.15) is 13.7 Å². The van der Waals surface area contributed by atoms with Crippen molar-refractivity contribution in [2.75, 3.05) is 11.1 Å². The first-order chi connectivity index (χ1) is 13.2. The van der Waals surface area contributed by atoms with E-state index in [9.17, 15) is 9.59 Å². The van der Waals surface area contributed by atoms with Gasteiger partial charge in [0.1, 0.15) is 15.4 Å². The summed E-state index contributed by atoms with van der Waals surface area (Å²) in [7, 11) is 0. The van der Waals surface area contributed by atoms with Crippen LogP contribution in [0.5, 0.6) is 0 Å². The van der Waals surface area contributed by atoms with E-state index in [-0.39, 0.29) is 17.6 Å². The van der Waals surface area contributed by atoms with Crippen molar-refractivity contribution < 1.29 is 9.59 Å². The molecule has 2 aromatic carbocycles. The number of rotatable bonds is 4. The number of amides is 2. The second-order valence-electron chi connectivity index (χ2n) is 5.48. The number of carbonyl (C=O) groups excluding carboxylic acids is 2. The molecule has 2 heterocycles. The lowest BCUT2D eigenvalue weighted by molar-refractivity contribution is -0.114. The molecule has 4 rings (SSSR count). The van der Waals surface area contributed by atoms with Crippen molar-refractivity contribution in [3.8, 4) is 0 Å². The molecule has 1 aromatic heterocycles. The Morgan fingerprint density at radius 2 is 1.96 bits per heavy atom. The molecule has 0 unspecified atom stereocenters. The normalized spacial score (nSPS) is 15.3. The highest BCUT2D eigenvalue weighted by Gasteiger charge is 2.23. The van der Waals surface area contributed by atoms with E-state index in [1.807, 2.05) is 42.5 Å². The summed E-state index contributed by atoms with van der Waals surface area (Å²) in [5.41, 5.74) is 3.00. The third-order valence-electron chi connectivity index (χ3n) is 3.59. The van der Waals surface area contributed by atoms with Gasteiger partial charge in [-0.15, -0.1) is 0 Å². The molecule has 0 aliphatic carbocycles. The van der Waals surface area contributed by atoms with Gasteiger partial charge in [0.15, 0.2) is 0 Å². The van der Waals surface area contributed by atoms with Crippen molar-refractivity contribution in [1.82, 2.24) is 8.75 Å². The van der Waals surface area contributed by atoms with E-state index in [1.54, 1.807) is 12.1 Å². The van der Waals surface area contributed by atoms with Crippen molar-refractivity contribution in [1.29, 1.82) is 0 Å². The fraction of sp³-hybridized carbons (Fsp3) is 0.0556. The third kappa shape index (κ3) is 4.26. The summed E-state index contributed by atoms with van der Waals surface area (Å²) in [5.74, 6) is -0.298. The molecule has 3 aromatic rings. The zero-order chi connectivity index (χ0) is 18.6. The number of benzene rings is 2. The number of nitrogens with zero attached hydrogens (tertiary/aromatic N) is 3. The van der Waals surface area contributed by atoms with Gasteiger partial charge in [-0.3, -0.25) is 9.59 Å². The fourth-order valence-corrected chi connectivity index (χ4v) is 4.72. The molecule has 1 aliphatic heterocycles. The number of hydrogen-bond acceptors (Lipinski definition) is 7. The largest absolute Gasteiger partial charge is 0.323 e. The van der Waals surface area contributed by atoms with Crippen LogP contribution < -0.4 is 5.32 Å². The number of carbonyl (C=O) groups is 2. The van der Waals surface area contributed by atoms with E-state index in [1.165, 1.54) is 23.5 Å². The maximum absolute atomic E-state index is 12.2. The molecule has 0 fully saturated rings. The highest BCUT2D eigenvalue weighted by molar-refractivity contribution is 8.41. The Bertz CT molecular complexity index is 1080. The summed E-state index contributed by atoms with van der Waals surface area (Å²) in [4.78, 5) is 28.9. The first-order valence-electron chi connectivity index (χ1n) is 7.90. The van der Waals surface area contributed by atoms with Crippen LogP contribution in [0.3, 0.4) is 0 Å². The van der Waals surface area contributed by atoms with Crippen LogP contribution in [0.15, 0.2) is 58.4 Å². The molecule has 0 saturated heterocycles. The first kappa shape index (κ1) is 17.9. The molecule has 0 bridgehead atoms. The molecule has 0 saturated carbocycles. The molecular formula is C18H12N4O2S3. The van der Waals surface area contributed by atoms with Gasteiger partial charge in [0, 0.05) is 0 Å². The second-order valence-corrected chi connectivity index (χ2v) is 8.26. The molecule has 1 N–H and O–H groups in total. The Hall–Kier alpha value is -2.49. The van der Waals surface area contributed by atoms with E-state index in [2.05, 4.69) is 19.1 Å². The average Bonchev–Trinajstić information content (AvgIpc) is 3.28. The number of nitrogens with one attached hydrogen (secondary N) is 1. The monoisotopic (exact) mass is 412 g/mol. The Labute approximate surface area is 167 Å². The summed E-state index contributed by atoms with van der Waals surface area (Å²) in [6.45, 7) is 0. The minimum absolute atomic E-state index is 0.158. The molecule has 0 atom stereocenters. The SMILES string of the molecule is O=C(CSC1=NC(=O)/C(=C\c2ccccc2)S1)Nc1cccc2nsnc12. The Balaban J connectivity index is 1.36. The lowest BCUT2D eigenvalue weighted by Gasteiger charge is -2.05. The van der Waals surface area contributed by atoms with E-state index >= 15 is 0 Å². The van der Waals surface area contributed by atoms with E-state index in [0.29, 0.717) is 20.5 Å². The molecule has 6 nitrogen and oxygen atoms in total. The molecule has 27 heavy (non-hydrogen) atoms. The highest BCUT2D eigenvalue weighted by atomic mass is 32.2. The van der Waals surface area contributed by atoms with Crippen LogP contribution in [0.25, 0.3) is 17.1 Å². The van der Waals surface area contributed by atoms with E-state index in [0.717, 1.165) is 22.8 Å². The molecule has 0 radical (unpaired) electrons. The van der Waals surface area contributed by atoms with Gasteiger partial charge in [-0.05, 0) is 23.8 Å². The number of thioether (sulfide) groups is 2. The van der Waals surface area contributed by atoms with Gasteiger partial charge in [-0.1, -0.05) is 59.9 Å². The number of anilines is 1. The van der Waals surface area contributed by atoms with Gasteiger partial charge in [0.05, 0.1) is 28.1 Å². The van der Waals surface area contributed by atoms with Crippen LogP contribution in [0.4, 0.5) is 5.69 Å². The zero-order valence-corrected chi connectivity index (χ0v) is 16.2. The predicted molar refractivity (Wildman–Crippen MR) is 113 cm³/mol. The summed E-state index contributed by atoms with van der Waals surface area (Å²) < 4.78 is 8.93. The van der Waals surface area contributed by atoms with Crippen LogP contribution >= 0.6 is 35.3 Å². The molecule has 134 valence electrons. The lowest BCUT2D eigenvalue weighted by Crippen LogP contribution is -2.15. The van der Waals surface area contributed by atoms with Crippen LogP contribution in [0.2, 0.25) is 0 Å². The Morgan fingerprint density at radius 1 is 1.11 bits per heavy atom. The lowest BCUT2D eigenvalue weighted by atomic mass is 10.2. The quantitative estimate of drug-likeness (QED) is 0.651. The van der Waals surface area contributed by atoms with Crippen molar-refractivity contribution in [2.24, 2.45) is 4.99 Å². The van der Waals surface area contributed by atoms with Gasteiger partial charge < -0.3 is 5.32 Å². The van der Waals surface area contributed by atoms with Gasteiger partial charge in [0.25, 0.3) is 5.91 Å². The molecule has 0 spiro atoms. The van der Waals surface area contributed by atoms with Gasteiger partial charge >= 0.3 is 0 Å². The standard InChI is InChI=1S/C18H12N4O2S3/c23-15(19-12-7-4-8-13-16(12)22-27-21-13)10-25-18-20-17(24)14(26-18)9-11-5-2-1-3-6-11/h1-9H,10H2,(H,19,23)/b14-9+. The highest BCUT2D eigenvalue weighted by Crippen LogP contribution is 2.33. The predicted octanol–water partition coefficient (Wildman–Crippen LogP) is 4.03. The number of aromatic nitrogens is 2. The van der Waals surface area contributed by atoms with Crippen LogP contribution in [-0.4, -0.2) is 30.7 Å². The molecular weight excluding hydrogens is 400 g/mol. The Morgan fingerprint density at radius 3 is 2.81 bits per heavy atom. The maximum Gasteiger partial charge on any atom is 0.285 e. The van der Waals surface area contributed by atoms with Crippen molar-refractivity contribution >= 4 is 74.2 Å². The Kier molecular flexibility index (Phi) is 5.33. The summed E-state index contributed by atoms with van der Waals surface area (Å²) in [6, 6.07) is 15.1. The minimum atomic E-state index is -0.273. The third-order valence-corrected chi connectivity index (χ3v) is 6.25. The first-order valence-corrected chi connectivity index (χ1v) is 10.4. The second kappa shape index (κ2) is 8.03.